The molecule has 0 heterocycles. The topological polar surface area (TPSA) is 58.2 Å². The minimum absolute atomic E-state index is 0.0295. The van der Waals surface area contributed by atoms with Crippen molar-refractivity contribution in [2.45, 2.75) is 6.42 Å². The monoisotopic (exact) mass is 398 g/mol. The molecular weight excluding hydrogens is 387 g/mol. The molecule has 0 atom stereocenters. The Balaban J connectivity index is 1.83. The van der Waals surface area contributed by atoms with E-state index in [0.29, 0.717) is 5.69 Å². The van der Waals surface area contributed by atoms with Gasteiger partial charge in [-0.05, 0) is 36.4 Å². The van der Waals surface area contributed by atoms with Crippen LogP contribution in [0.25, 0.3) is 0 Å². The van der Waals surface area contributed by atoms with Gasteiger partial charge in [-0.3, -0.25) is 9.59 Å². The van der Waals surface area contributed by atoms with E-state index in [0.717, 1.165) is 10.5 Å². The van der Waals surface area contributed by atoms with E-state index in [1.54, 1.807) is 24.3 Å². The fourth-order valence-electron chi connectivity index (χ4n) is 1.85. The van der Waals surface area contributed by atoms with Crippen LogP contribution < -0.4 is 10.6 Å². The number of carbonyl (C=O) groups excluding carboxylic acids is 2. The van der Waals surface area contributed by atoms with Crippen molar-refractivity contribution in [1.29, 1.82) is 0 Å². The summed E-state index contributed by atoms with van der Waals surface area (Å²) in [5, 5.41) is 5.20. The molecule has 2 aromatic rings. The normalized spacial score (nSPS) is 10.2. The number of rotatable bonds is 5. The summed E-state index contributed by atoms with van der Waals surface area (Å²) in [4.78, 5) is 23.7. The Morgan fingerprint density at radius 3 is 2.48 bits per heavy atom. The molecule has 4 nitrogen and oxygen atoms in total. The van der Waals surface area contributed by atoms with Crippen molar-refractivity contribution in [1.82, 2.24) is 5.32 Å². The first-order chi connectivity index (χ1) is 11.0. The van der Waals surface area contributed by atoms with E-state index in [1.165, 1.54) is 12.1 Å². The predicted molar refractivity (Wildman–Crippen MR) is 91.1 cm³/mol. The minimum Gasteiger partial charge on any atom is -0.351 e. The van der Waals surface area contributed by atoms with Crippen LogP contribution >= 0.6 is 27.5 Å². The molecule has 0 aliphatic heterocycles. The van der Waals surface area contributed by atoms with Crippen LogP contribution in [0.15, 0.2) is 46.9 Å². The SMILES string of the molecule is O=C(CCNC(=O)c1c(F)cccc1Cl)Nc1ccc(Br)cc1. The lowest BCUT2D eigenvalue weighted by Crippen LogP contribution is -2.28. The van der Waals surface area contributed by atoms with Gasteiger partial charge in [0, 0.05) is 23.1 Å². The van der Waals surface area contributed by atoms with Crippen LogP contribution in [0.5, 0.6) is 0 Å². The van der Waals surface area contributed by atoms with E-state index in [1.807, 2.05) is 0 Å². The first-order valence-corrected chi connectivity index (χ1v) is 7.92. The Morgan fingerprint density at radius 2 is 1.83 bits per heavy atom. The molecule has 0 spiro atoms. The zero-order valence-electron chi connectivity index (χ0n) is 11.9. The van der Waals surface area contributed by atoms with E-state index in [-0.39, 0.29) is 29.5 Å². The van der Waals surface area contributed by atoms with Gasteiger partial charge in [-0.25, -0.2) is 4.39 Å². The number of nitrogens with one attached hydrogen (secondary N) is 2. The van der Waals surface area contributed by atoms with Crippen molar-refractivity contribution in [2.24, 2.45) is 0 Å². The number of benzene rings is 2. The summed E-state index contributed by atoms with van der Waals surface area (Å²) in [7, 11) is 0. The zero-order valence-corrected chi connectivity index (χ0v) is 14.2. The number of carbonyl (C=O) groups is 2. The summed E-state index contributed by atoms with van der Waals surface area (Å²) in [6, 6.07) is 11.1. The molecule has 23 heavy (non-hydrogen) atoms. The molecule has 0 bridgehead atoms. The molecule has 0 unspecified atom stereocenters. The van der Waals surface area contributed by atoms with Crippen molar-refractivity contribution in [3.05, 3.63) is 63.3 Å². The van der Waals surface area contributed by atoms with Crippen LogP contribution in [0, 0.1) is 5.82 Å². The maximum absolute atomic E-state index is 13.6. The van der Waals surface area contributed by atoms with Gasteiger partial charge in [0.25, 0.3) is 5.91 Å². The molecule has 0 fully saturated rings. The predicted octanol–water partition coefficient (Wildman–Crippen LogP) is 4.00. The van der Waals surface area contributed by atoms with Crippen LogP contribution in [0.2, 0.25) is 5.02 Å². The highest BCUT2D eigenvalue weighted by molar-refractivity contribution is 9.10. The van der Waals surface area contributed by atoms with Crippen LogP contribution in [-0.2, 0) is 4.79 Å². The summed E-state index contributed by atoms with van der Waals surface area (Å²) in [6.07, 6.45) is 0.0634. The quantitative estimate of drug-likeness (QED) is 0.798. The van der Waals surface area contributed by atoms with E-state index < -0.39 is 11.7 Å². The van der Waals surface area contributed by atoms with Gasteiger partial charge in [0.05, 0.1) is 10.6 Å². The molecule has 2 rings (SSSR count). The molecule has 2 aromatic carbocycles. The molecule has 7 heteroatoms. The lowest BCUT2D eigenvalue weighted by atomic mass is 10.2. The molecule has 0 aliphatic rings. The van der Waals surface area contributed by atoms with Crippen LogP contribution in [0.1, 0.15) is 16.8 Å². The minimum atomic E-state index is -0.700. The van der Waals surface area contributed by atoms with E-state index in [2.05, 4.69) is 26.6 Å². The maximum atomic E-state index is 13.6. The zero-order chi connectivity index (χ0) is 16.8. The lowest BCUT2D eigenvalue weighted by Gasteiger charge is -2.08. The second kappa shape index (κ2) is 8.08. The molecule has 2 amide bonds. The Labute approximate surface area is 146 Å². The number of anilines is 1. The van der Waals surface area contributed by atoms with Crippen molar-refractivity contribution >= 4 is 45.0 Å². The van der Waals surface area contributed by atoms with Gasteiger partial charge in [0.2, 0.25) is 5.91 Å². The maximum Gasteiger partial charge on any atom is 0.255 e. The third-order valence-corrected chi connectivity index (χ3v) is 3.80. The van der Waals surface area contributed by atoms with Gasteiger partial charge < -0.3 is 10.6 Å². The fourth-order valence-corrected chi connectivity index (χ4v) is 2.36. The second-order valence-corrected chi connectivity index (χ2v) is 5.98. The van der Waals surface area contributed by atoms with Crippen molar-refractivity contribution in [2.75, 3.05) is 11.9 Å². The summed E-state index contributed by atoms with van der Waals surface area (Å²) >= 11 is 9.10. The van der Waals surface area contributed by atoms with E-state index in [9.17, 15) is 14.0 Å². The van der Waals surface area contributed by atoms with Crippen LogP contribution in [0.3, 0.4) is 0 Å². The van der Waals surface area contributed by atoms with Crippen LogP contribution in [0.4, 0.5) is 10.1 Å². The van der Waals surface area contributed by atoms with Crippen molar-refractivity contribution in [3.63, 3.8) is 0 Å². The Kier molecular flexibility index (Phi) is 6.12. The van der Waals surface area contributed by atoms with Crippen molar-refractivity contribution in [3.8, 4) is 0 Å². The molecule has 0 saturated carbocycles. The van der Waals surface area contributed by atoms with Gasteiger partial charge in [0.15, 0.2) is 0 Å². The highest BCUT2D eigenvalue weighted by Crippen LogP contribution is 2.18. The number of hydrogen-bond donors (Lipinski definition) is 2. The molecule has 0 radical (unpaired) electrons. The molecule has 0 aromatic heterocycles. The summed E-state index contributed by atoms with van der Waals surface area (Å²) in [5.41, 5.74) is 0.434. The first-order valence-electron chi connectivity index (χ1n) is 6.75. The highest BCUT2D eigenvalue weighted by Gasteiger charge is 2.15. The first kappa shape index (κ1) is 17.4. The number of halogens is 3. The second-order valence-electron chi connectivity index (χ2n) is 4.66. The van der Waals surface area contributed by atoms with E-state index in [4.69, 9.17) is 11.6 Å². The van der Waals surface area contributed by atoms with E-state index >= 15 is 0 Å². The smallest absolute Gasteiger partial charge is 0.255 e. The van der Waals surface area contributed by atoms with Crippen molar-refractivity contribution < 1.29 is 14.0 Å². The Hall–Kier alpha value is -1.92. The third-order valence-electron chi connectivity index (χ3n) is 2.96. The molecule has 2 N–H and O–H groups in total. The summed E-state index contributed by atoms with van der Waals surface area (Å²) in [6.45, 7) is 0.0753. The van der Waals surface area contributed by atoms with Crippen LogP contribution in [-0.4, -0.2) is 18.4 Å². The summed E-state index contributed by atoms with van der Waals surface area (Å²) < 4.78 is 14.5. The Bertz CT molecular complexity index is 702. The number of hydrogen-bond acceptors (Lipinski definition) is 2. The lowest BCUT2D eigenvalue weighted by molar-refractivity contribution is -0.116. The number of amides is 2. The Morgan fingerprint density at radius 1 is 1.13 bits per heavy atom. The molecule has 0 aliphatic carbocycles. The van der Waals surface area contributed by atoms with Gasteiger partial charge >= 0.3 is 0 Å². The van der Waals surface area contributed by atoms with Gasteiger partial charge in [0.1, 0.15) is 5.82 Å². The highest BCUT2D eigenvalue weighted by atomic mass is 79.9. The molecular formula is C16H13BrClFN2O2. The largest absolute Gasteiger partial charge is 0.351 e. The average Bonchev–Trinajstić information content (AvgIpc) is 2.49. The van der Waals surface area contributed by atoms with Gasteiger partial charge in [-0.1, -0.05) is 33.6 Å². The van der Waals surface area contributed by atoms with Gasteiger partial charge in [-0.2, -0.15) is 0 Å². The third kappa shape index (κ3) is 5.04. The molecule has 120 valence electrons. The molecule has 0 saturated heterocycles. The fraction of sp³-hybridized carbons (Fsp3) is 0.125. The summed E-state index contributed by atoms with van der Waals surface area (Å²) in [5.74, 6) is -1.61. The standard InChI is InChI=1S/C16H13BrClFN2O2/c17-10-4-6-11(7-5-10)21-14(22)8-9-20-16(23)15-12(18)2-1-3-13(15)19/h1-7H,8-9H2,(H,20,23)(H,21,22). The van der Waals surface area contributed by atoms with Gasteiger partial charge in [-0.15, -0.1) is 0 Å². The average molecular weight is 400 g/mol.